The highest BCUT2D eigenvalue weighted by atomic mass is 16.5. The van der Waals surface area contributed by atoms with E-state index in [0.29, 0.717) is 11.3 Å². The van der Waals surface area contributed by atoms with Gasteiger partial charge in [0.25, 0.3) is 5.91 Å². The molecule has 7 nitrogen and oxygen atoms in total. The minimum atomic E-state index is -0.564. The number of esters is 1. The summed E-state index contributed by atoms with van der Waals surface area (Å²) in [5, 5.41) is 7.28. The Bertz CT molecular complexity index is 1380. The van der Waals surface area contributed by atoms with Gasteiger partial charge in [0.05, 0.1) is 24.6 Å². The Morgan fingerprint density at radius 3 is 2.22 bits per heavy atom. The minimum absolute atomic E-state index is 0.0649. The quantitative estimate of drug-likeness (QED) is 0.175. The van der Waals surface area contributed by atoms with Crippen LogP contribution in [0.4, 0.5) is 5.82 Å². The van der Waals surface area contributed by atoms with E-state index in [1.54, 1.807) is 13.0 Å². The van der Waals surface area contributed by atoms with E-state index in [2.05, 4.69) is 10.4 Å². The van der Waals surface area contributed by atoms with Gasteiger partial charge in [-0.1, -0.05) is 60.7 Å². The zero-order valence-electron chi connectivity index (χ0n) is 21.0. The Hall–Kier alpha value is -4.65. The van der Waals surface area contributed by atoms with Crippen LogP contribution in [0.25, 0.3) is 17.3 Å². The average molecular weight is 496 g/mol. The molecule has 4 rings (SSSR count). The molecule has 0 aliphatic carbocycles. The van der Waals surface area contributed by atoms with Crippen molar-refractivity contribution in [3.8, 4) is 11.4 Å². The Morgan fingerprint density at radius 1 is 0.946 bits per heavy atom. The highest BCUT2D eigenvalue weighted by Crippen LogP contribution is 2.26. The van der Waals surface area contributed by atoms with Gasteiger partial charge in [-0.2, -0.15) is 5.10 Å². The van der Waals surface area contributed by atoms with Gasteiger partial charge >= 0.3 is 5.97 Å². The van der Waals surface area contributed by atoms with Crippen molar-refractivity contribution in [3.63, 3.8) is 0 Å². The van der Waals surface area contributed by atoms with Gasteiger partial charge in [-0.05, 0) is 62.2 Å². The molecule has 1 amide bonds. The number of aromatic nitrogens is 2. The predicted octanol–water partition coefficient (Wildman–Crippen LogP) is 6.02. The molecule has 1 N–H and O–H groups in total. The Kier molecular flexibility index (Phi) is 8.15. The summed E-state index contributed by atoms with van der Waals surface area (Å²) in [6, 6.07) is 26.2. The van der Waals surface area contributed by atoms with Gasteiger partial charge in [-0.3, -0.25) is 4.79 Å². The molecule has 0 unspecified atom stereocenters. The van der Waals surface area contributed by atoms with Gasteiger partial charge in [0.2, 0.25) is 0 Å². The Morgan fingerprint density at radius 2 is 1.59 bits per heavy atom. The van der Waals surface area contributed by atoms with Crippen molar-refractivity contribution in [1.29, 1.82) is 0 Å². The molecule has 4 aromatic rings. The second kappa shape index (κ2) is 11.9. The number of hydrogen-bond acceptors (Lipinski definition) is 5. The molecule has 7 heteroatoms. The summed E-state index contributed by atoms with van der Waals surface area (Å²) in [7, 11) is 0. The third-order valence-corrected chi connectivity index (χ3v) is 5.39. The fourth-order valence-corrected chi connectivity index (χ4v) is 3.75. The summed E-state index contributed by atoms with van der Waals surface area (Å²) in [4.78, 5) is 26.4. The molecule has 0 aliphatic rings. The molecule has 37 heavy (non-hydrogen) atoms. The van der Waals surface area contributed by atoms with Gasteiger partial charge in [0.15, 0.2) is 5.82 Å². The number of nitrogens with one attached hydrogen (secondary N) is 1. The standard InChI is InChI=1S/C30H29N3O4/c1-4-36-30(35)27-20-31-33(24-13-9-6-10-14-24)28(27)32-29(34)26(23-11-7-5-8-12-23)19-22-15-17-25(18-16-22)37-21(2)3/h5-21H,4H2,1-3H3,(H,32,34)/b26-19+. The number of carbonyl (C=O) groups is 2. The lowest BCUT2D eigenvalue weighted by Crippen LogP contribution is -2.19. The number of benzene rings is 3. The number of rotatable bonds is 9. The van der Waals surface area contributed by atoms with Crippen molar-refractivity contribution in [2.75, 3.05) is 11.9 Å². The summed E-state index contributed by atoms with van der Waals surface area (Å²) in [5.74, 6) is 0.0313. The number of para-hydroxylation sites is 1. The first kappa shape index (κ1) is 25.4. The SMILES string of the molecule is CCOC(=O)c1cnn(-c2ccccc2)c1NC(=O)/C(=C/c1ccc(OC(C)C)cc1)c1ccccc1. The first-order chi connectivity index (χ1) is 18.0. The lowest BCUT2D eigenvalue weighted by Gasteiger charge is -2.14. The molecule has 188 valence electrons. The van der Waals surface area contributed by atoms with Crippen LogP contribution in [0.5, 0.6) is 5.75 Å². The van der Waals surface area contributed by atoms with Crippen LogP contribution in [0, 0.1) is 0 Å². The molecule has 3 aromatic carbocycles. The zero-order chi connectivity index (χ0) is 26.2. The van der Waals surface area contributed by atoms with Crippen LogP contribution in [0.2, 0.25) is 0 Å². The average Bonchev–Trinajstić information content (AvgIpc) is 3.32. The zero-order valence-corrected chi connectivity index (χ0v) is 21.0. The van der Waals surface area contributed by atoms with Crippen LogP contribution in [0.15, 0.2) is 91.1 Å². The molecule has 0 spiro atoms. The summed E-state index contributed by atoms with van der Waals surface area (Å²) < 4.78 is 12.5. The summed E-state index contributed by atoms with van der Waals surface area (Å²) in [6.07, 6.45) is 3.27. The fourth-order valence-electron chi connectivity index (χ4n) is 3.75. The highest BCUT2D eigenvalue weighted by Gasteiger charge is 2.23. The van der Waals surface area contributed by atoms with Crippen LogP contribution >= 0.6 is 0 Å². The first-order valence-corrected chi connectivity index (χ1v) is 12.1. The minimum Gasteiger partial charge on any atom is -0.491 e. The Balaban J connectivity index is 1.73. The number of hydrogen-bond donors (Lipinski definition) is 1. The molecule has 0 aliphatic heterocycles. The van der Waals surface area contributed by atoms with Gasteiger partial charge < -0.3 is 14.8 Å². The molecule has 0 radical (unpaired) electrons. The van der Waals surface area contributed by atoms with Gasteiger partial charge in [-0.15, -0.1) is 0 Å². The molecular formula is C30H29N3O4. The molecule has 1 aromatic heterocycles. The van der Waals surface area contributed by atoms with E-state index in [-0.39, 0.29) is 24.1 Å². The van der Waals surface area contributed by atoms with E-state index in [1.807, 2.05) is 98.8 Å². The molecular weight excluding hydrogens is 466 g/mol. The molecule has 0 atom stereocenters. The number of amides is 1. The van der Waals surface area contributed by atoms with E-state index < -0.39 is 11.9 Å². The van der Waals surface area contributed by atoms with Crippen LogP contribution in [0.1, 0.15) is 42.3 Å². The monoisotopic (exact) mass is 495 g/mol. The fraction of sp³-hybridized carbons (Fsp3) is 0.167. The molecule has 0 bridgehead atoms. The third-order valence-electron chi connectivity index (χ3n) is 5.39. The second-order valence-corrected chi connectivity index (χ2v) is 8.49. The maximum absolute atomic E-state index is 13.7. The topological polar surface area (TPSA) is 82.5 Å². The number of nitrogens with zero attached hydrogens (tertiary/aromatic N) is 2. The summed E-state index contributed by atoms with van der Waals surface area (Å²) in [6.45, 7) is 5.87. The lowest BCUT2D eigenvalue weighted by atomic mass is 10.0. The molecule has 0 fully saturated rings. The van der Waals surface area contributed by atoms with Crippen molar-refractivity contribution in [3.05, 3.63) is 108 Å². The number of anilines is 1. The normalized spacial score (nSPS) is 11.3. The van der Waals surface area contributed by atoms with Crippen molar-refractivity contribution in [1.82, 2.24) is 9.78 Å². The van der Waals surface area contributed by atoms with Gasteiger partial charge in [0, 0.05) is 5.57 Å². The van der Waals surface area contributed by atoms with E-state index in [1.165, 1.54) is 10.9 Å². The van der Waals surface area contributed by atoms with Crippen molar-refractivity contribution in [2.45, 2.75) is 26.9 Å². The third kappa shape index (κ3) is 6.32. The van der Waals surface area contributed by atoms with E-state index >= 15 is 0 Å². The van der Waals surface area contributed by atoms with Crippen molar-refractivity contribution >= 4 is 29.3 Å². The highest BCUT2D eigenvalue weighted by molar-refractivity contribution is 6.29. The van der Waals surface area contributed by atoms with Crippen LogP contribution in [-0.2, 0) is 9.53 Å². The summed E-state index contributed by atoms with van der Waals surface area (Å²) >= 11 is 0. The smallest absolute Gasteiger partial charge is 0.343 e. The van der Waals surface area contributed by atoms with Crippen LogP contribution in [-0.4, -0.2) is 34.4 Å². The van der Waals surface area contributed by atoms with Gasteiger partial charge in [0.1, 0.15) is 11.3 Å². The van der Waals surface area contributed by atoms with E-state index in [0.717, 1.165) is 16.9 Å². The Labute approximate surface area is 216 Å². The van der Waals surface area contributed by atoms with E-state index in [4.69, 9.17) is 9.47 Å². The lowest BCUT2D eigenvalue weighted by molar-refractivity contribution is -0.111. The second-order valence-electron chi connectivity index (χ2n) is 8.49. The largest absolute Gasteiger partial charge is 0.491 e. The first-order valence-electron chi connectivity index (χ1n) is 12.1. The molecule has 0 saturated heterocycles. The number of ether oxygens (including phenoxy) is 2. The maximum Gasteiger partial charge on any atom is 0.343 e. The number of carbonyl (C=O) groups excluding carboxylic acids is 2. The predicted molar refractivity (Wildman–Crippen MR) is 145 cm³/mol. The summed E-state index contributed by atoms with van der Waals surface area (Å²) in [5.41, 5.74) is 2.84. The van der Waals surface area contributed by atoms with Crippen molar-refractivity contribution < 1.29 is 19.1 Å². The molecule has 0 saturated carbocycles. The molecule has 1 heterocycles. The van der Waals surface area contributed by atoms with Gasteiger partial charge in [-0.25, -0.2) is 9.48 Å². The maximum atomic E-state index is 13.7. The van der Waals surface area contributed by atoms with Crippen LogP contribution < -0.4 is 10.1 Å². The van der Waals surface area contributed by atoms with Crippen molar-refractivity contribution in [2.24, 2.45) is 0 Å². The van der Waals surface area contributed by atoms with E-state index in [9.17, 15) is 9.59 Å². The van der Waals surface area contributed by atoms with Crippen LogP contribution in [0.3, 0.4) is 0 Å².